The average Bonchev–Trinajstić information content (AvgIpc) is 2.33. The molecular formula is C12H13NO5S2. The highest BCUT2D eigenvalue weighted by Crippen LogP contribution is 2.19. The van der Waals surface area contributed by atoms with Gasteiger partial charge in [0.05, 0.1) is 12.9 Å². The van der Waals surface area contributed by atoms with Crippen LogP contribution in [0.25, 0.3) is 10.8 Å². The van der Waals surface area contributed by atoms with E-state index in [9.17, 15) is 16.8 Å². The van der Waals surface area contributed by atoms with Gasteiger partial charge in [-0.15, -0.1) is 0 Å². The lowest BCUT2D eigenvalue weighted by Gasteiger charge is -2.08. The minimum atomic E-state index is -4.34. The molecule has 2 aromatic carbocycles. The van der Waals surface area contributed by atoms with Crippen molar-refractivity contribution in [2.45, 2.75) is 6.61 Å². The SMILES string of the molecule is CS(=O)(=O)NS(=O)(=O)OCc1cccc2ccccc12. The lowest BCUT2D eigenvalue weighted by Crippen LogP contribution is -2.30. The van der Waals surface area contributed by atoms with E-state index in [1.54, 1.807) is 12.1 Å². The molecule has 0 aliphatic heterocycles. The van der Waals surface area contributed by atoms with Crippen LogP contribution in [0.15, 0.2) is 42.5 Å². The summed E-state index contributed by atoms with van der Waals surface area (Å²) in [6.45, 7) is -0.244. The third kappa shape index (κ3) is 4.01. The molecule has 0 heterocycles. The summed E-state index contributed by atoms with van der Waals surface area (Å²) in [5.41, 5.74) is 0.655. The lowest BCUT2D eigenvalue weighted by atomic mass is 10.1. The first-order valence-electron chi connectivity index (χ1n) is 5.61. The fourth-order valence-electron chi connectivity index (χ4n) is 1.77. The van der Waals surface area contributed by atoms with Gasteiger partial charge < -0.3 is 0 Å². The Kier molecular flexibility index (Phi) is 4.09. The van der Waals surface area contributed by atoms with Gasteiger partial charge in [-0.2, -0.15) is 8.42 Å². The zero-order valence-electron chi connectivity index (χ0n) is 10.6. The summed E-state index contributed by atoms with van der Waals surface area (Å²) in [6.07, 6.45) is 0.742. The van der Waals surface area contributed by atoms with Crippen molar-refractivity contribution in [1.82, 2.24) is 4.13 Å². The van der Waals surface area contributed by atoms with E-state index >= 15 is 0 Å². The van der Waals surface area contributed by atoms with Crippen LogP contribution >= 0.6 is 0 Å². The van der Waals surface area contributed by atoms with E-state index in [1.807, 2.05) is 30.3 Å². The maximum atomic E-state index is 11.4. The molecule has 0 aromatic heterocycles. The monoisotopic (exact) mass is 315 g/mol. The third-order valence-corrected chi connectivity index (χ3v) is 4.96. The highest BCUT2D eigenvalue weighted by atomic mass is 32.3. The molecule has 0 fully saturated rings. The molecule has 0 aliphatic rings. The van der Waals surface area contributed by atoms with E-state index in [-0.39, 0.29) is 6.61 Å². The topological polar surface area (TPSA) is 89.5 Å². The second-order valence-electron chi connectivity index (χ2n) is 4.21. The van der Waals surface area contributed by atoms with Crippen molar-refractivity contribution in [3.05, 3.63) is 48.0 Å². The van der Waals surface area contributed by atoms with E-state index < -0.39 is 20.3 Å². The summed E-state index contributed by atoms with van der Waals surface area (Å²) in [6, 6.07) is 12.8. The minimum absolute atomic E-state index is 0.244. The van der Waals surface area contributed by atoms with Gasteiger partial charge >= 0.3 is 10.3 Å². The maximum absolute atomic E-state index is 11.4. The molecule has 0 spiro atoms. The van der Waals surface area contributed by atoms with Gasteiger partial charge in [-0.05, 0) is 16.3 Å². The first kappa shape index (κ1) is 14.9. The normalized spacial score (nSPS) is 12.7. The molecule has 0 amide bonds. The van der Waals surface area contributed by atoms with Crippen LogP contribution in [-0.4, -0.2) is 23.1 Å². The second-order valence-corrected chi connectivity index (χ2v) is 7.57. The van der Waals surface area contributed by atoms with Crippen molar-refractivity contribution in [2.75, 3.05) is 6.26 Å². The molecule has 0 aliphatic carbocycles. The molecule has 0 radical (unpaired) electrons. The molecule has 0 saturated carbocycles. The molecule has 1 N–H and O–H groups in total. The van der Waals surface area contributed by atoms with Crippen molar-refractivity contribution < 1.29 is 21.0 Å². The molecule has 6 nitrogen and oxygen atoms in total. The fourth-order valence-corrected chi connectivity index (χ4v) is 3.73. The van der Waals surface area contributed by atoms with Crippen molar-refractivity contribution in [2.24, 2.45) is 0 Å². The predicted molar refractivity (Wildman–Crippen MR) is 75.6 cm³/mol. The quantitative estimate of drug-likeness (QED) is 0.894. The summed E-state index contributed by atoms with van der Waals surface area (Å²) in [5, 5.41) is 1.80. The van der Waals surface area contributed by atoms with Crippen LogP contribution in [0.2, 0.25) is 0 Å². The Morgan fingerprint density at radius 1 is 1.00 bits per heavy atom. The van der Waals surface area contributed by atoms with Gasteiger partial charge in [0.25, 0.3) is 0 Å². The lowest BCUT2D eigenvalue weighted by molar-refractivity contribution is 0.307. The highest BCUT2D eigenvalue weighted by Gasteiger charge is 2.17. The van der Waals surface area contributed by atoms with Crippen LogP contribution in [0, 0.1) is 0 Å². The van der Waals surface area contributed by atoms with Crippen molar-refractivity contribution in [1.29, 1.82) is 0 Å². The Balaban J connectivity index is 2.22. The summed E-state index contributed by atoms with van der Waals surface area (Å²) in [4.78, 5) is 0. The van der Waals surface area contributed by atoms with E-state index in [1.165, 1.54) is 4.13 Å². The Morgan fingerprint density at radius 2 is 1.65 bits per heavy atom. The minimum Gasteiger partial charge on any atom is -0.253 e. The molecular weight excluding hydrogens is 302 g/mol. The first-order valence-corrected chi connectivity index (χ1v) is 8.91. The number of hydrogen-bond donors (Lipinski definition) is 1. The summed E-state index contributed by atoms with van der Waals surface area (Å²) in [7, 11) is -8.24. The Bertz CT molecular complexity index is 823. The van der Waals surface area contributed by atoms with Gasteiger partial charge in [-0.3, -0.25) is 4.18 Å². The van der Waals surface area contributed by atoms with Gasteiger partial charge in [0, 0.05) is 0 Å². The van der Waals surface area contributed by atoms with Gasteiger partial charge in [0.15, 0.2) is 0 Å². The molecule has 0 bridgehead atoms. The van der Waals surface area contributed by atoms with Crippen LogP contribution < -0.4 is 4.13 Å². The largest absolute Gasteiger partial charge is 0.349 e. The van der Waals surface area contributed by atoms with E-state index in [2.05, 4.69) is 4.18 Å². The van der Waals surface area contributed by atoms with E-state index in [0.29, 0.717) is 5.56 Å². The van der Waals surface area contributed by atoms with Crippen molar-refractivity contribution in [3.8, 4) is 0 Å². The Morgan fingerprint density at radius 3 is 2.35 bits per heavy atom. The molecule has 2 rings (SSSR count). The van der Waals surface area contributed by atoms with Gasteiger partial charge in [0.1, 0.15) is 0 Å². The second kappa shape index (κ2) is 5.49. The van der Waals surface area contributed by atoms with E-state index in [4.69, 9.17) is 0 Å². The van der Waals surface area contributed by atoms with Crippen LogP contribution in [0.4, 0.5) is 0 Å². The molecule has 2 aromatic rings. The average molecular weight is 315 g/mol. The molecule has 20 heavy (non-hydrogen) atoms. The smallest absolute Gasteiger partial charge is 0.253 e. The van der Waals surface area contributed by atoms with E-state index in [0.717, 1.165) is 17.0 Å². The fraction of sp³-hybridized carbons (Fsp3) is 0.167. The number of nitrogens with one attached hydrogen (secondary N) is 1. The Labute approximate surface area is 117 Å². The maximum Gasteiger partial charge on any atom is 0.349 e. The predicted octanol–water partition coefficient (Wildman–Crippen LogP) is 1.15. The zero-order chi connectivity index (χ0) is 14.8. The van der Waals surface area contributed by atoms with Crippen LogP contribution in [0.3, 0.4) is 0 Å². The Hall–Kier alpha value is -1.48. The van der Waals surface area contributed by atoms with Crippen LogP contribution in [-0.2, 0) is 31.1 Å². The van der Waals surface area contributed by atoms with Gasteiger partial charge in [0.2, 0.25) is 10.0 Å². The third-order valence-electron chi connectivity index (χ3n) is 2.50. The number of hydrogen-bond acceptors (Lipinski definition) is 5. The zero-order valence-corrected chi connectivity index (χ0v) is 12.2. The molecule has 0 atom stereocenters. The molecule has 0 unspecified atom stereocenters. The number of fused-ring (bicyclic) bond motifs is 1. The molecule has 8 heteroatoms. The van der Waals surface area contributed by atoms with Crippen LogP contribution in [0.1, 0.15) is 5.56 Å². The number of benzene rings is 2. The number of sulfonamides is 1. The van der Waals surface area contributed by atoms with Gasteiger partial charge in [-0.25, -0.2) is 8.42 Å². The summed E-state index contributed by atoms with van der Waals surface area (Å²) >= 11 is 0. The first-order chi connectivity index (χ1) is 9.27. The van der Waals surface area contributed by atoms with Gasteiger partial charge in [-0.1, -0.05) is 46.6 Å². The highest BCUT2D eigenvalue weighted by molar-refractivity contribution is 8.02. The van der Waals surface area contributed by atoms with Crippen molar-refractivity contribution in [3.63, 3.8) is 0 Å². The number of rotatable bonds is 5. The molecule has 0 saturated heterocycles. The standard InChI is InChI=1S/C12H13NO5S2/c1-19(14,15)13-20(16,17)18-9-11-7-4-6-10-5-2-3-8-12(10)11/h2-8,13H,9H2,1H3. The van der Waals surface area contributed by atoms with Crippen LogP contribution in [0.5, 0.6) is 0 Å². The summed E-state index contributed by atoms with van der Waals surface area (Å²) in [5.74, 6) is 0. The summed E-state index contributed by atoms with van der Waals surface area (Å²) < 4.78 is 50.8. The van der Waals surface area contributed by atoms with Crippen molar-refractivity contribution >= 4 is 31.1 Å². The molecule has 108 valence electrons.